The van der Waals surface area contributed by atoms with Crippen LogP contribution >= 0.6 is 0 Å². The number of carbonyl (C=O) groups is 2. The fourth-order valence-corrected chi connectivity index (χ4v) is 2.86. The third-order valence-corrected chi connectivity index (χ3v) is 4.34. The Morgan fingerprint density at radius 1 is 1.14 bits per heavy atom. The summed E-state index contributed by atoms with van der Waals surface area (Å²) in [4.78, 5) is 24.0. The van der Waals surface area contributed by atoms with E-state index in [4.69, 9.17) is 0 Å². The first-order valence-corrected chi connectivity index (χ1v) is 8.19. The van der Waals surface area contributed by atoms with Gasteiger partial charge < -0.3 is 10.4 Å². The summed E-state index contributed by atoms with van der Waals surface area (Å²) < 4.78 is 0. The van der Waals surface area contributed by atoms with Crippen LogP contribution in [0.4, 0.5) is 0 Å². The Labute approximate surface area is 131 Å². The largest absolute Gasteiger partial charge is 0.391 e. The average molecular weight is 303 g/mol. The number of hydrogen-bond acceptors (Lipinski definition) is 3. The summed E-state index contributed by atoms with van der Waals surface area (Å²) in [6, 6.07) is 7.39. The van der Waals surface area contributed by atoms with Crippen molar-refractivity contribution < 1.29 is 14.7 Å². The van der Waals surface area contributed by atoms with Gasteiger partial charge in [0.15, 0.2) is 5.78 Å². The maximum atomic E-state index is 12.1. The number of rotatable bonds is 6. The van der Waals surface area contributed by atoms with Crippen molar-refractivity contribution in [3.05, 3.63) is 35.4 Å². The van der Waals surface area contributed by atoms with E-state index in [0.29, 0.717) is 5.56 Å². The number of nitrogens with one attached hydrogen (secondary N) is 1. The van der Waals surface area contributed by atoms with Crippen molar-refractivity contribution in [3.8, 4) is 0 Å². The Morgan fingerprint density at radius 3 is 2.45 bits per heavy atom. The van der Waals surface area contributed by atoms with Crippen LogP contribution in [0.25, 0.3) is 0 Å². The van der Waals surface area contributed by atoms with Crippen LogP contribution in [0.15, 0.2) is 24.3 Å². The van der Waals surface area contributed by atoms with Gasteiger partial charge in [0.1, 0.15) is 0 Å². The predicted octanol–water partition coefficient (Wildman–Crippen LogP) is 2.63. The zero-order chi connectivity index (χ0) is 15.9. The molecule has 0 saturated heterocycles. The van der Waals surface area contributed by atoms with E-state index in [2.05, 4.69) is 12.2 Å². The monoisotopic (exact) mass is 303 g/mol. The van der Waals surface area contributed by atoms with Crippen LogP contribution in [0.5, 0.6) is 0 Å². The van der Waals surface area contributed by atoms with Gasteiger partial charge in [0, 0.05) is 18.4 Å². The fraction of sp³-hybridized carbons (Fsp3) is 0.556. The van der Waals surface area contributed by atoms with E-state index in [-0.39, 0.29) is 30.6 Å². The van der Waals surface area contributed by atoms with Crippen LogP contribution in [0.1, 0.15) is 61.4 Å². The van der Waals surface area contributed by atoms with E-state index in [9.17, 15) is 14.7 Å². The number of aryl methyl sites for hydroxylation is 1. The standard InChI is InChI=1S/C18H25NO3/c1-2-13-7-9-14(10-8-13)16(20)11-12-18(22)19-15-5-3-4-6-17(15)21/h7-10,15,17,21H,2-6,11-12H2,1H3,(H,19,22). The second-order valence-corrected chi connectivity index (χ2v) is 6.00. The van der Waals surface area contributed by atoms with Gasteiger partial charge >= 0.3 is 0 Å². The summed E-state index contributed by atoms with van der Waals surface area (Å²) in [5.41, 5.74) is 1.85. The molecule has 0 aliphatic heterocycles. The number of ketones is 1. The van der Waals surface area contributed by atoms with E-state index in [1.165, 1.54) is 5.56 Å². The van der Waals surface area contributed by atoms with Crippen LogP contribution in [-0.2, 0) is 11.2 Å². The van der Waals surface area contributed by atoms with Crippen molar-refractivity contribution in [3.63, 3.8) is 0 Å². The number of carbonyl (C=O) groups excluding carboxylic acids is 2. The average Bonchev–Trinajstić information content (AvgIpc) is 2.55. The zero-order valence-electron chi connectivity index (χ0n) is 13.2. The van der Waals surface area contributed by atoms with Gasteiger partial charge in [-0.05, 0) is 24.8 Å². The minimum absolute atomic E-state index is 0.0120. The number of aliphatic hydroxyl groups is 1. The molecule has 1 aromatic carbocycles. The van der Waals surface area contributed by atoms with Gasteiger partial charge in [-0.25, -0.2) is 0 Å². The molecule has 0 spiro atoms. The highest BCUT2D eigenvalue weighted by molar-refractivity contribution is 5.98. The van der Waals surface area contributed by atoms with Crippen LogP contribution < -0.4 is 5.32 Å². The molecule has 2 N–H and O–H groups in total. The Balaban J connectivity index is 1.78. The molecule has 0 heterocycles. The molecule has 0 radical (unpaired) electrons. The normalized spacial score (nSPS) is 21.4. The van der Waals surface area contributed by atoms with Gasteiger partial charge in [0.2, 0.25) is 5.91 Å². The summed E-state index contributed by atoms with van der Waals surface area (Å²) in [6.07, 6.45) is 4.49. The Bertz CT molecular complexity index is 510. The van der Waals surface area contributed by atoms with Crippen molar-refractivity contribution in [2.75, 3.05) is 0 Å². The summed E-state index contributed by atoms with van der Waals surface area (Å²) in [6.45, 7) is 2.07. The Kier molecular flexibility index (Phi) is 6.13. The first kappa shape index (κ1) is 16.7. The maximum absolute atomic E-state index is 12.1. The maximum Gasteiger partial charge on any atom is 0.220 e. The molecule has 1 aliphatic carbocycles. The Morgan fingerprint density at radius 2 is 1.82 bits per heavy atom. The fourth-order valence-electron chi connectivity index (χ4n) is 2.86. The summed E-state index contributed by atoms with van der Waals surface area (Å²) in [5.74, 6) is -0.161. The van der Waals surface area contributed by atoms with E-state index >= 15 is 0 Å². The van der Waals surface area contributed by atoms with Crippen molar-refractivity contribution in [1.82, 2.24) is 5.32 Å². The molecule has 0 aromatic heterocycles. The predicted molar refractivity (Wildman–Crippen MR) is 85.8 cm³/mol. The van der Waals surface area contributed by atoms with E-state index in [1.807, 2.05) is 24.3 Å². The van der Waals surface area contributed by atoms with Crippen molar-refractivity contribution in [2.45, 2.75) is 64.0 Å². The SMILES string of the molecule is CCc1ccc(C(=O)CCC(=O)NC2CCCCC2O)cc1. The lowest BCUT2D eigenvalue weighted by Gasteiger charge is -2.28. The molecular weight excluding hydrogens is 278 g/mol. The van der Waals surface area contributed by atoms with Gasteiger partial charge in [-0.2, -0.15) is 0 Å². The molecule has 1 aliphatic rings. The number of Topliss-reactive ketones (excluding diaryl/α,β-unsaturated/α-hetero) is 1. The van der Waals surface area contributed by atoms with Gasteiger partial charge in [0.05, 0.1) is 12.1 Å². The lowest BCUT2D eigenvalue weighted by atomic mass is 9.92. The summed E-state index contributed by atoms with van der Waals surface area (Å²) in [7, 11) is 0. The number of benzene rings is 1. The lowest BCUT2D eigenvalue weighted by molar-refractivity contribution is -0.123. The second-order valence-electron chi connectivity index (χ2n) is 6.00. The Hall–Kier alpha value is -1.68. The van der Waals surface area contributed by atoms with E-state index in [1.54, 1.807) is 0 Å². The van der Waals surface area contributed by atoms with Gasteiger partial charge in [-0.15, -0.1) is 0 Å². The topological polar surface area (TPSA) is 66.4 Å². The second kappa shape index (κ2) is 8.08. The highest BCUT2D eigenvalue weighted by Gasteiger charge is 2.24. The first-order valence-electron chi connectivity index (χ1n) is 8.19. The van der Waals surface area contributed by atoms with Crippen molar-refractivity contribution >= 4 is 11.7 Å². The zero-order valence-corrected chi connectivity index (χ0v) is 13.2. The van der Waals surface area contributed by atoms with E-state index < -0.39 is 6.10 Å². The minimum atomic E-state index is -0.449. The summed E-state index contributed by atoms with van der Waals surface area (Å²) in [5, 5.41) is 12.7. The van der Waals surface area contributed by atoms with Gasteiger partial charge in [-0.3, -0.25) is 9.59 Å². The molecule has 0 bridgehead atoms. The smallest absolute Gasteiger partial charge is 0.220 e. The summed E-state index contributed by atoms with van der Waals surface area (Å²) >= 11 is 0. The lowest BCUT2D eigenvalue weighted by Crippen LogP contribution is -2.45. The van der Waals surface area contributed by atoms with Crippen LogP contribution in [0, 0.1) is 0 Å². The minimum Gasteiger partial charge on any atom is -0.391 e. The van der Waals surface area contributed by atoms with Crippen LogP contribution in [-0.4, -0.2) is 28.9 Å². The van der Waals surface area contributed by atoms with Gasteiger partial charge in [0.25, 0.3) is 0 Å². The molecule has 2 atom stereocenters. The molecular formula is C18H25NO3. The molecule has 1 saturated carbocycles. The molecule has 4 nitrogen and oxygen atoms in total. The molecule has 4 heteroatoms. The first-order chi connectivity index (χ1) is 10.6. The number of hydrogen-bond donors (Lipinski definition) is 2. The quantitative estimate of drug-likeness (QED) is 0.794. The molecule has 22 heavy (non-hydrogen) atoms. The van der Waals surface area contributed by atoms with E-state index in [0.717, 1.165) is 32.1 Å². The third-order valence-electron chi connectivity index (χ3n) is 4.34. The third kappa shape index (κ3) is 4.67. The van der Waals surface area contributed by atoms with Crippen LogP contribution in [0.3, 0.4) is 0 Å². The molecule has 120 valence electrons. The molecule has 1 aromatic rings. The van der Waals surface area contributed by atoms with Crippen molar-refractivity contribution in [2.24, 2.45) is 0 Å². The van der Waals surface area contributed by atoms with Crippen LogP contribution in [0.2, 0.25) is 0 Å². The number of aliphatic hydroxyl groups excluding tert-OH is 1. The number of amides is 1. The van der Waals surface area contributed by atoms with Crippen molar-refractivity contribution in [1.29, 1.82) is 0 Å². The molecule has 2 unspecified atom stereocenters. The molecule has 1 amide bonds. The van der Waals surface area contributed by atoms with Gasteiger partial charge in [-0.1, -0.05) is 44.0 Å². The highest BCUT2D eigenvalue weighted by atomic mass is 16.3. The highest BCUT2D eigenvalue weighted by Crippen LogP contribution is 2.18. The molecule has 1 fully saturated rings. The molecule has 2 rings (SSSR count).